The zero-order valence-corrected chi connectivity index (χ0v) is 11.2. The van der Waals surface area contributed by atoms with Crippen molar-refractivity contribution in [1.82, 2.24) is 5.32 Å². The van der Waals surface area contributed by atoms with Gasteiger partial charge in [0.05, 0.1) is 0 Å². The molecule has 0 bridgehead atoms. The lowest BCUT2D eigenvalue weighted by atomic mass is 9.92. The quantitative estimate of drug-likeness (QED) is 0.887. The summed E-state index contributed by atoms with van der Waals surface area (Å²) in [6.07, 6.45) is 5.12. The van der Waals surface area contributed by atoms with Crippen LogP contribution < -0.4 is 10.1 Å². The van der Waals surface area contributed by atoms with E-state index >= 15 is 0 Å². The minimum absolute atomic E-state index is 0.0600. The highest BCUT2D eigenvalue weighted by Gasteiger charge is 2.17. The highest BCUT2D eigenvalue weighted by molar-refractivity contribution is 5.80. The van der Waals surface area contributed by atoms with E-state index in [0.29, 0.717) is 6.42 Å². The zero-order chi connectivity index (χ0) is 13.0. The van der Waals surface area contributed by atoms with Gasteiger partial charge in [-0.2, -0.15) is 0 Å². The summed E-state index contributed by atoms with van der Waals surface area (Å²) in [5.41, 5.74) is 2.81. The number of likely N-dealkylation sites (N-methyl/N-ethyl adjacent to an activating group) is 1. The number of amides is 1. The number of fused-ring (bicyclic) bond motifs is 1. The van der Waals surface area contributed by atoms with Crippen LogP contribution in [0.3, 0.4) is 0 Å². The minimum Gasteiger partial charge on any atom is -0.481 e. The van der Waals surface area contributed by atoms with Crippen molar-refractivity contribution in [2.75, 3.05) is 7.05 Å². The molecule has 0 aromatic heterocycles. The van der Waals surface area contributed by atoms with Crippen molar-refractivity contribution in [3.63, 3.8) is 0 Å². The number of hydrogen-bond acceptors (Lipinski definition) is 2. The van der Waals surface area contributed by atoms with Crippen LogP contribution in [0.25, 0.3) is 0 Å². The number of carbonyl (C=O) groups excluding carboxylic acids is 1. The fourth-order valence-corrected chi connectivity index (χ4v) is 2.43. The van der Waals surface area contributed by atoms with Crippen LogP contribution in [0.4, 0.5) is 0 Å². The number of ether oxygens (including phenoxy) is 1. The van der Waals surface area contributed by atoms with Crippen molar-refractivity contribution in [2.45, 2.75) is 45.1 Å². The first-order chi connectivity index (χ1) is 8.74. The average Bonchev–Trinajstić information content (AvgIpc) is 2.43. The molecule has 2 rings (SSSR count). The molecule has 0 aliphatic heterocycles. The Morgan fingerprint density at radius 1 is 1.33 bits per heavy atom. The maximum Gasteiger partial charge on any atom is 0.260 e. The highest BCUT2D eigenvalue weighted by atomic mass is 16.5. The van der Waals surface area contributed by atoms with Gasteiger partial charge in [-0.3, -0.25) is 4.79 Å². The molecule has 0 radical (unpaired) electrons. The maximum absolute atomic E-state index is 11.6. The lowest BCUT2D eigenvalue weighted by Gasteiger charge is -2.19. The normalized spacial score (nSPS) is 15.7. The second-order valence-electron chi connectivity index (χ2n) is 4.77. The molecule has 1 aliphatic carbocycles. The maximum atomic E-state index is 11.6. The van der Waals surface area contributed by atoms with E-state index in [1.165, 1.54) is 30.4 Å². The molecule has 0 saturated heterocycles. The first-order valence-electron chi connectivity index (χ1n) is 6.74. The number of benzene rings is 1. The summed E-state index contributed by atoms with van der Waals surface area (Å²) in [4.78, 5) is 11.6. The highest BCUT2D eigenvalue weighted by Crippen LogP contribution is 2.26. The molecule has 98 valence electrons. The molecular formula is C15H21NO2. The van der Waals surface area contributed by atoms with Crippen molar-refractivity contribution in [2.24, 2.45) is 0 Å². The molecule has 0 heterocycles. The van der Waals surface area contributed by atoms with E-state index in [1.54, 1.807) is 7.05 Å². The van der Waals surface area contributed by atoms with Crippen LogP contribution in [0.2, 0.25) is 0 Å². The van der Waals surface area contributed by atoms with Crippen molar-refractivity contribution in [3.8, 4) is 5.75 Å². The van der Waals surface area contributed by atoms with Gasteiger partial charge in [0.25, 0.3) is 5.91 Å². The summed E-state index contributed by atoms with van der Waals surface area (Å²) in [6.45, 7) is 1.96. The largest absolute Gasteiger partial charge is 0.481 e. The number of nitrogens with one attached hydrogen (secondary N) is 1. The van der Waals surface area contributed by atoms with Gasteiger partial charge in [0.2, 0.25) is 0 Å². The molecule has 1 amide bonds. The predicted molar refractivity (Wildman–Crippen MR) is 71.9 cm³/mol. The van der Waals surface area contributed by atoms with Crippen LogP contribution in [-0.4, -0.2) is 19.1 Å². The monoisotopic (exact) mass is 247 g/mol. The molecule has 0 unspecified atom stereocenters. The lowest BCUT2D eigenvalue weighted by Crippen LogP contribution is -2.35. The van der Waals surface area contributed by atoms with Crippen molar-refractivity contribution < 1.29 is 9.53 Å². The molecule has 0 fully saturated rings. The Hall–Kier alpha value is -1.51. The Bertz CT molecular complexity index is 429. The fourth-order valence-electron chi connectivity index (χ4n) is 2.43. The Morgan fingerprint density at radius 3 is 2.72 bits per heavy atom. The summed E-state index contributed by atoms with van der Waals surface area (Å²) < 4.78 is 5.77. The lowest BCUT2D eigenvalue weighted by molar-refractivity contribution is -0.127. The smallest absolute Gasteiger partial charge is 0.260 e. The van der Waals surface area contributed by atoms with E-state index in [4.69, 9.17) is 4.74 Å². The summed E-state index contributed by atoms with van der Waals surface area (Å²) in [6, 6.07) is 6.22. The molecule has 3 heteroatoms. The van der Waals surface area contributed by atoms with Crippen LogP contribution in [-0.2, 0) is 17.6 Å². The van der Waals surface area contributed by atoms with Crippen LogP contribution in [0.1, 0.15) is 37.3 Å². The van der Waals surface area contributed by atoms with Gasteiger partial charge in [-0.25, -0.2) is 0 Å². The van der Waals surface area contributed by atoms with E-state index in [0.717, 1.165) is 12.2 Å². The number of hydrogen-bond donors (Lipinski definition) is 1. The fraction of sp³-hybridized carbons (Fsp3) is 0.533. The molecule has 0 spiro atoms. The van der Waals surface area contributed by atoms with Gasteiger partial charge in [0.15, 0.2) is 6.10 Å². The van der Waals surface area contributed by atoms with Crippen LogP contribution in [0.5, 0.6) is 5.75 Å². The number of carbonyl (C=O) groups is 1. The van der Waals surface area contributed by atoms with E-state index in [-0.39, 0.29) is 5.91 Å². The van der Waals surface area contributed by atoms with Gasteiger partial charge in [0, 0.05) is 7.05 Å². The Balaban J connectivity index is 2.11. The summed E-state index contributed by atoms with van der Waals surface area (Å²) in [7, 11) is 1.64. The Labute approximate surface area is 109 Å². The minimum atomic E-state index is -0.392. The van der Waals surface area contributed by atoms with E-state index < -0.39 is 6.10 Å². The van der Waals surface area contributed by atoms with Gasteiger partial charge in [-0.05, 0) is 55.4 Å². The van der Waals surface area contributed by atoms with Crippen LogP contribution in [0, 0.1) is 0 Å². The Morgan fingerprint density at radius 2 is 2.06 bits per heavy atom. The van der Waals surface area contributed by atoms with Crippen LogP contribution in [0.15, 0.2) is 18.2 Å². The molecule has 1 aromatic rings. The summed E-state index contributed by atoms with van der Waals surface area (Å²) >= 11 is 0. The molecule has 0 saturated carbocycles. The predicted octanol–water partition coefficient (Wildman–Crippen LogP) is 2.47. The van der Waals surface area contributed by atoms with Crippen molar-refractivity contribution >= 4 is 5.91 Å². The molecule has 18 heavy (non-hydrogen) atoms. The van der Waals surface area contributed by atoms with Gasteiger partial charge in [-0.15, -0.1) is 0 Å². The number of aryl methyl sites for hydroxylation is 2. The second-order valence-corrected chi connectivity index (χ2v) is 4.77. The van der Waals surface area contributed by atoms with Gasteiger partial charge >= 0.3 is 0 Å². The molecule has 3 nitrogen and oxygen atoms in total. The summed E-state index contributed by atoms with van der Waals surface area (Å²) in [5, 5.41) is 2.63. The second kappa shape index (κ2) is 5.89. The zero-order valence-electron chi connectivity index (χ0n) is 11.2. The topological polar surface area (TPSA) is 38.3 Å². The number of rotatable bonds is 4. The summed E-state index contributed by atoms with van der Waals surface area (Å²) in [5.74, 6) is 0.751. The molecule has 1 aliphatic rings. The van der Waals surface area contributed by atoms with E-state index in [1.807, 2.05) is 13.0 Å². The molecule has 1 atom stereocenters. The van der Waals surface area contributed by atoms with E-state index in [9.17, 15) is 4.79 Å². The standard InChI is InChI=1S/C15H21NO2/c1-3-14(15(17)16-2)18-13-9-8-11-6-4-5-7-12(11)10-13/h8-10,14H,3-7H2,1-2H3,(H,16,17)/t14-/m1/s1. The molecule has 1 N–H and O–H groups in total. The third-order valence-corrected chi connectivity index (χ3v) is 3.51. The van der Waals surface area contributed by atoms with Crippen molar-refractivity contribution in [1.29, 1.82) is 0 Å². The molecule has 1 aromatic carbocycles. The first kappa shape index (κ1) is 12.9. The van der Waals surface area contributed by atoms with Gasteiger partial charge in [0.1, 0.15) is 5.75 Å². The van der Waals surface area contributed by atoms with Crippen LogP contribution >= 0.6 is 0 Å². The first-order valence-corrected chi connectivity index (χ1v) is 6.74. The Kier molecular flexibility index (Phi) is 4.24. The van der Waals surface area contributed by atoms with Gasteiger partial charge < -0.3 is 10.1 Å². The van der Waals surface area contributed by atoms with Gasteiger partial charge in [-0.1, -0.05) is 13.0 Å². The molecular weight excluding hydrogens is 226 g/mol. The average molecular weight is 247 g/mol. The van der Waals surface area contributed by atoms with Crippen molar-refractivity contribution in [3.05, 3.63) is 29.3 Å². The van der Waals surface area contributed by atoms with E-state index in [2.05, 4.69) is 17.4 Å². The third-order valence-electron chi connectivity index (χ3n) is 3.51. The SMILES string of the molecule is CC[C@@H](Oc1ccc2c(c1)CCCC2)C(=O)NC. The third kappa shape index (κ3) is 2.84.